The summed E-state index contributed by atoms with van der Waals surface area (Å²) in [4.78, 5) is 21.3. The zero-order chi connectivity index (χ0) is 23.7. The number of hydrogen-bond acceptors (Lipinski definition) is 6. The predicted molar refractivity (Wildman–Crippen MR) is 135 cm³/mol. The number of carbonyl (C=O) groups is 1. The molecule has 3 heterocycles. The fourth-order valence-corrected chi connectivity index (χ4v) is 5.35. The van der Waals surface area contributed by atoms with E-state index in [1.54, 1.807) is 30.2 Å². The van der Waals surface area contributed by atoms with Gasteiger partial charge in [-0.25, -0.2) is 4.98 Å². The number of carbonyl (C=O) groups excluding carboxylic acids is 1. The van der Waals surface area contributed by atoms with Crippen molar-refractivity contribution in [3.8, 4) is 17.0 Å². The Labute approximate surface area is 202 Å². The lowest BCUT2D eigenvalue weighted by Gasteiger charge is -2.28. The van der Waals surface area contributed by atoms with Crippen LogP contribution in [0.3, 0.4) is 0 Å². The molecule has 0 saturated carbocycles. The highest BCUT2D eigenvalue weighted by Gasteiger charge is 2.33. The molecule has 1 saturated heterocycles. The number of aliphatic hydroxyl groups excluding tert-OH is 1. The molecule has 0 bridgehead atoms. The maximum absolute atomic E-state index is 13.1. The topological polar surface area (TPSA) is 89.8 Å². The molecule has 34 heavy (non-hydrogen) atoms. The van der Waals surface area contributed by atoms with E-state index >= 15 is 0 Å². The van der Waals surface area contributed by atoms with Crippen molar-refractivity contribution in [3.63, 3.8) is 0 Å². The minimum Gasteiger partial charge on any atom is -0.510 e. The number of hydrogen-bond donors (Lipinski definition) is 2. The molecule has 1 aromatic heterocycles. The number of methoxy groups -OCH3 is 1. The molecule has 1 fully saturated rings. The summed E-state index contributed by atoms with van der Waals surface area (Å²) < 4.78 is 5.55. The van der Waals surface area contributed by atoms with E-state index in [9.17, 15) is 9.90 Å². The van der Waals surface area contributed by atoms with Crippen molar-refractivity contribution in [1.29, 1.82) is 5.41 Å². The maximum atomic E-state index is 13.1. The largest absolute Gasteiger partial charge is 0.510 e. The van der Waals surface area contributed by atoms with Crippen LogP contribution in [-0.4, -0.2) is 53.5 Å². The van der Waals surface area contributed by atoms with E-state index < -0.39 is 0 Å². The number of aliphatic hydroxyl groups is 1. The quantitative estimate of drug-likeness (QED) is 0.530. The second kappa shape index (κ2) is 9.30. The van der Waals surface area contributed by atoms with Crippen LogP contribution in [-0.2, 0) is 0 Å². The Balaban J connectivity index is 1.44. The number of rotatable bonds is 5. The molecule has 174 valence electrons. The van der Waals surface area contributed by atoms with Gasteiger partial charge in [-0.3, -0.25) is 10.2 Å². The summed E-state index contributed by atoms with van der Waals surface area (Å²) in [6.07, 6.45) is 3.19. The van der Waals surface area contributed by atoms with Crippen LogP contribution in [0.15, 0.2) is 59.7 Å². The third kappa shape index (κ3) is 4.05. The minimum absolute atomic E-state index is 0.0147. The van der Waals surface area contributed by atoms with Crippen molar-refractivity contribution in [2.24, 2.45) is 0 Å². The standard InChI is InChI=1S/C26H26N4O3S/c1-33-22-11-10-18(26(32)29-12-6-3-7-13-29)14-20(22)30-15-21(31)23(24(30)27)25-28-19(16-34-25)17-8-4-2-5-9-17/h2,4-5,8-11,14,16,27,31H,3,6-7,12-13,15H2,1H3. The van der Waals surface area contributed by atoms with Gasteiger partial charge in [-0.15, -0.1) is 11.3 Å². The van der Waals surface area contributed by atoms with Crippen molar-refractivity contribution in [3.05, 3.63) is 70.2 Å². The summed E-state index contributed by atoms with van der Waals surface area (Å²) in [6.45, 7) is 1.65. The minimum atomic E-state index is -0.0147. The molecule has 5 rings (SSSR count). The lowest BCUT2D eigenvalue weighted by Crippen LogP contribution is -2.35. The number of thiazole rings is 1. The van der Waals surface area contributed by atoms with Crippen molar-refractivity contribution < 1.29 is 14.6 Å². The van der Waals surface area contributed by atoms with Crippen LogP contribution in [0.25, 0.3) is 16.8 Å². The molecule has 2 N–H and O–H groups in total. The van der Waals surface area contributed by atoms with Crippen molar-refractivity contribution in [2.75, 3.05) is 31.6 Å². The Morgan fingerprint density at radius 3 is 2.62 bits per heavy atom. The van der Waals surface area contributed by atoms with E-state index in [1.165, 1.54) is 11.3 Å². The highest BCUT2D eigenvalue weighted by molar-refractivity contribution is 7.11. The molecule has 2 aliphatic rings. The van der Waals surface area contributed by atoms with Gasteiger partial charge in [-0.2, -0.15) is 0 Å². The number of ether oxygens (including phenoxy) is 1. The van der Waals surface area contributed by atoms with Gasteiger partial charge in [0.05, 0.1) is 30.6 Å². The van der Waals surface area contributed by atoms with E-state index in [2.05, 4.69) is 4.98 Å². The number of amidine groups is 1. The van der Waals surface area contributed by atoms with Gasteiger partial charge in [0.1, 0.15) is 22.4 Å². The molecule has 3 aromatic rings. The van der Waals surface area contributed by atoms with Crippen LogP contribution in [0.4, 0.5) is 5.69 Å². The first-order valence-electron chi connectivity index (χ1n) is 11.3. The average Bonchev–Trinajstić information content (AvgIpc) is 3.48. The SMILES string of the molecule is COc1ccc(C(=O)N2CCCCC2)cc1N1CC(O)=C(c2nc(-c3ccccc3)cs2)C1=N. The van der Waals surface area contributed by atoms with E-state index in [0.29, 0.717) is 27.6 Å². The van der Waals surface area contributed by atoms with Gasteiger partial charge in [-0.05, 0) is 37.5 Å². The van der Waals surface area contributed by atoms with Gasteiger partial charge in [0.2, 0.25) is 0 Å². The smallest absolute Gasteiger partial charge is 0.253 e. The number of benzene rings is 2. The number of aromatic nitrogens is 1. The van der Waals surface area contributed by atoms with Crippen molar-refractivity contribution in [2.45, 2.75) is 19.3 Å². The Hall–Kier alpha value is -3.65. The number of amides is 1. The summed E-state index contributed by atoms with van der Waals surface area (Å²) >= 11 is 1.39. The first-order valence-corrected chi connectivity index (χ1v) is 12.2. The maximum Gasteiger partial charge on any atom is 0.253 e. The lowest BCUT2D eigenvalue weighted by molar-refractivity contribution is 0.0724. The molecular formula is C26H26N4O3S. The molecule has 0 spiro atoms. The molecule has 2 aliphatic heterocycles. The molecule has 7 nitrogen and oxygen atoms in total. The van der Waals surface area contributed by atoms with Gasteiger partial charge in [0, 0.05) is 29.6 Å². The zero-order valence-corrected chi connectivity index (χ0v) is 19.8. The van der Waals surface area contributed by atoms with Crippen molar-refractivity contribution >= 4 is 34.3 Å². The Kier molecular flexibility index (Phi) is 6.06. The molecular weight excluding hydrogens is 448 g/mol. The second-order valence-electron chi connectivity index (χ2n) is 8.40. The van der Waals surface area contributed by atoms with Crippen molar-refractivity contribution in [1.82, 2.24) is 9.88 Å². The van der Waals surface area contributed by atoms with Gasteiger partial charge in [0.15, 0.2) is 0 Å². The highest BCUT2D eigenvalue weighted by Crippen LogP contribution is 2.38. The summed E-state index contributed by atoms with van der Waals surface area (Å²) in [5.74, 6) is 0.735. The monoisotopic (exact) mass is 474 g/mol. The first-order chi connectivity index (χ1) is 16.6. The Morgan fingerprint density at radius 1 is 1.12 bits per heavy atom. The van der Waals surface area contributed by atoms with E-state index in [4.69, 9.17) is 10.1 Å². The van der Waals surface area contributed by atoms with Gasteiger partial charge in [0.25, 0.3) is 5.91 Å². The van der Waals surface area contributed by atoms with Crippen LogP contribution in [0.5, 0.6) is 5.75 Å². The molecule has 2 aromatic carbocycles. The molecule has 8 heteroatoms. The van der Waals surface area contributed by atoms with Crippen LogP contribution >= 0.6 is 11.3 Å². The number of anilines is 1. The summed E-state index contributed by atoms with van der Waals surface area (Å²) in [6, 6.07) is 15.1. The van der Waals surface area contributed by atoms with E-state index in [0.717, 1.165) is 43.6 Å². The number of nitrogens with zero attached hydrogens (tertiary/aromatic N) is 3. The molecule has 1 amide bonds. The number of piperidine rings is 1. The summed E-state index contributed by atoms with van der Waals surface area (Å²) in [5, 5.41) is 22.2. The third-order valence-electron chi connectivity index (χ3n) is 6.25. The van der Waals surface area contributed by atoms with Crippen LogP contribution in [0, 0.1) is 5.41 Å². The summed E-state index contributed by atoms with van der Waals surface area (Å²) in [7, 11) is 1.56. The fourth-order valence-electron chi connectivity index (χ4n) is 4.45. The fraction of sp³-hybridized carbons (Fsp3) is 0.269. The summed E-state index contributed by atoms with van der Waals surface area (Å²) in [5.41, 5.74) is 3.33. The molecule has 0 aliphatic carbocycles. The molecule has 0 unspecified atom stereocenters. The zero-order valence-electron chi connectivity index (χ0n) is 19.0. The predicted octanol–water partition coefficient (Wildman–Crippen LogP) is 5.21. The normalized spacial score (nSPS) is 16.3. The van der Waals surface area contributed by atoms with Crippen LogP contribution in [0.2, 0.25) is 0 Å². The second-order valence-corrected chi connectivity index (χ2v) is 9.26. The van der Waals surface area contributed by atoms with E-state index in [1.807, 2.05) is 40.6 Å². The Morgan fingerprint density at radius 2 is 1.88 bits per heavy atom. The molecule has 0 atom stereocenters. The molecule has 0 radical (unpaired) electrons. The first kappa shape index (κ1) is 22.2. The number of likely N-dealkylation sites (tertiary alicyclic amines) is 1. The lowest BCUT2D eigenvalue weighted by atomic mass is 10.1. The third-order valence-corrected chi connectivity index (χ3v) is 7.11. The van der Waals surface area contributed by atoms with E-state index in [-0.39, 0.29) is 24.0 Å². The van der Waals surface area contributed by atoms with Crippen LogP contribution in [0.1, 0.15) is 34.6 Å². The highest BCUT2D eigenvalue weighted by atomic mass is 32.1. The van der Waals surface area contributed by atoms with Gasteiger partial charge < -0.3 is 19.6 Å². The average molecular weight is 475 g/mol. The van der Waals surface area contributed by atoms with Gasteiger partial charge >= 0.3 is 0 Å². The Bertz CT molecular complexity index is 1260. The number of nitrogens with one attached hydrogen (secondary N) is 1. The van der Waals surface area contributed by atoms with Gasteiger partial charge in [-0.1, -0.05) is 30.3 Å². The van der Waals surface area contributed by atoms with Crippen LogP contribution < -0.4 is 9.64 Å².